The van der Waals surface area contributed by atoms with Gasteiger partial charge < -0.3 is 19.6 Å². The predicted molar refractivity (Wildman–Crippen MR) is 87.4 cm³/mol. The maximum atomic E-state index is 12.3. The van der Waals surface area contributed by atoms with Crippen molar-refractivity contribution in [3.63, 3.8) is 0 Å². The average Bonchev–Trinajstić information content (AvgIpc) is 2.98. The van der Waals surface area contributed by atoms with Gasteiger partial charge in [0.2, 0.25) is 11.8 Å². The molecule has 2 saturated heterocycles. The van der Waals surface area contributed by atoms with Crippen LogP contribution in [0.4, 0.5) is 0 Å². The van der Waals surface area contributed by atoms with Crippen molar-refractivity contribution in [3.8, 4) is 0 Å². The van der Waals surface area contributed by atoms with Crippen LogP contribution in [0.15, 0.2) is 0 Å². The van der Waals surface area contributed by atoms with Crippen LogP contribution < -0.4 is 0 Å². The molecule has 0 aromatic carbocycles. The minimum absolute atomic E-state index is 0.0491. The Labute approximate surface area is 142 Å². The van der Waals surface area contributed by atoms with E-state index >= 15 is 0 Å². The number of carbonyl (C=O) groups excluding carboxylic acids is 2. The summed E-state index contributed by atoms with van der Waals surface area (Å²) in [4.78, 5) is 38.5. The van der Waals surface area contributed by atoms with E-state index in [0.29, 0.717) is 38.8 Å². The highest BCUT2D eigenvalue weighted by atomic mass is 16.5. The molecular weight excluding hydrogens is 312 g/mol. The van der Waals surface area contributed by atoms with Gasteiger partial charge in [-0.25, -0.2) is 0 Å². The first kappa shape index (κ1) is 18.7. The lowest BCUT2D eigenvalue weighted by Gasteiger charge is -2.31. The first-order valence-corrected chi connectivity index (χ1v) is 8.76. The van der Waals surface area contributed by atoms with Crippen LogP contribution in [0.2, 0.25) is 0 Å². The Bertz CT molecular complexity index is 474. The summed E-state index contributed by atoms with van der Waals surface area (Å²) < 4.78 is 5.70. The van der Waals surface area contributed by atoms with Gasteiger partial charge in [-0.05, 0) is 39.0 Å². The number of nitrogens with zero attached hydrogens (tertiary/aromatic N) is 2. The highest BCUT2D eigenvalue weighted by Crippen LogP contribution is 2.23. The van der Waals surface area contributed by atoms with Crippen LogP contribution >= 0.6 is 0 Å². The molecule has 2 heterocycles. The Hall–Kier alpha value is -1.63. The number of aliphatic carboxylic acids is 1. The number of hydrogen-bond acceptors (Lipinski definition) is 4. The molecule has 0 aromatic heterocycles. The normalized spacial score (nSPS) is 24.8. The summed E-state index contributed by atoms with van der Waals surface area (Å²) in [5.74, 6) is -1.31. The predicted octanol–water partition coefficient (Wildman–Crippen LogP) is 1.12. The molecule has 0 radical (unpaired) electrons. The minimum atomic E-state index is -0.794. The van der Waals surface area contributed by atoms with Crippen LogP contribution in [-0.2, 0) is 19.1 Å². The second-order valence-electron chi connectivity index (χ2n) is 6.93. The molecule has 2 fully saturated rings. The Morgan fingerprint density at radius 2 is 1.83 bits per heavy atom. The highest BCUT2D eigenvalue weighted by Gasteiger charge is 2.28. The van der Waals surface area contributed by atoms with Crippen LogP contribution in [0.3, 0.4) is 0 Å². The van der Waals surface area contributed by atoms with Crippen LogP contribution in [0, 0.1) is 5.92 Å². The molecule has 0 aliphatic carbocycles. The quantitative estimate of drug-likeness (QED) is 0.783. The van der Waals surface area contributed by atoms with Gasteiger partial charge in [-0.1, -0.05) is 0 Å². The molecule has 2 rings (SSSR count). The fraction of sp³-hybridized carbons (Fsp3) is 0.824. The van der Waals surface area contributed by atoms with E-state index in [4.69, 9.17) is 9.84 Å². The zero-order valence-electron chi connectivity index (χ0n) is 14.6. The zero-order valence-corrected chi connectivity index (χ0v) is 14.6. The molecule has 0 bridgehead atoms. The van der Waals surface area contributed by atoms with E-state index in [9.17, 15) is 14.4 Å². The van der Waals surface area contributed by atoms with Crippen LogP contribution in [-0.4, -0.2) is 71.6 Å². The van der Waals surface area contributed by atoms with E-state index in [1.54, 1.807) is 11.9 Å². The van der Waals surface area contributed by atoms with Crippen molar-refractivity contribution in [3.05, 3.63) is 0 Å². The van der Waals surface area contributed by atoms with E-state index in [1.165, 1.54) is 4.90 Å². The number of carbonyl (C=O) groups is 3. The van der Waals surface area contributed by atoms with Crippen molar-refractivity contribution in [2.45, 2.75) is 57.7 Å². The van der Waals surface area contributed by atoms with Gasteiger partial charge in [0, 0.05) is 26.6 Å². The van der Waals surface area contributed by atoms with E-state index in [1.807, 2.05) is 6.92 Å². The maximum absolute atomic E-state index is 12.3. The fourth-order valence-electron chi connectivity index (χ4n) is 3.34. The number of amides is 2. The zero-order chi connectivity index (χ0) is 17.7. The largest absolute Gasteiger partial charge is 0.481 e. The van der Waals surface area contributed by atoms with E-state index < -0.39 is 5.97 Å². The van der Waals surface area contributed by atoms with Gasteiger partial charge in [-0.2, -0.15) is 0 Å². The van der Waals surface area contributed by atoms with Crippen LogP contribution in [0.25, 0.3) is 0 Å². The number of piperidine rings is 1. The Balaban J connectivity index is 1.69. The number of ether oxygens (including phenoxy) is 1. The summed E-state index contributed by atoms with van der Waals surface area (Å²) in [5, 5.41) is 8.98. The van der Waals surface area contributed by atoms with Gasteiger partial charge >= 0.3 is 5.97 Å². The van der Waals surface area contributed by atoms with E-state index in [2.05, 4.69) is 0 Å². The molecule has 0 spiro atoms. The van der Waals surface area contributed by atoms with Crippen molar-refractivity contribution in [1.82, 2.24) is 9.80 Å². The summed E-state index contributed by atoms with van der Waals surface area (Å²) in [6, 6.07) is 0. The lowest BCUT2D eigenvalue weighted by atomic mass is 9.97. The molecule has 24 heavy (non-hydrogen) atoms. The van der Waals surface area contributed by atoms with Gasteiger partial charge in [0.1, 0.15) is 0 Å². The number of carboxylic acid groups (broad SMARTS) is 1. The van der Waals surface area contributed by atoms with Crippen LogP contribution in [0.1, 0.15) is 45.4 Å². The second kappa shape index (κ2) is 8.46. The molecule has 2 aliphatic heterocycles. The molecule has 1 N–H and O–H groups in total. The van der Waals surface area contributed by atoms with Gasteiger partial charge in [0.15, 0.2) is 0 Å². The average molecular weight is 340 g/mol. The number of hydrogen-bond donors (Lipinski definition) is 1. The van der Waals surface area contributed by atoms with Crippen molar-refractivity contribution in [1.29, 1.82) is 0 Å². The standard InChI is InChI=1S/C17H28N2O5/c1-12-3-4-14(24-12)5-6-15(20)18(2)11-16(21)19-9-7-13(8-10-19)17(22)23/h12-14H,3-11H2,1-2H3,(H,22,23). The SMILES string of the molecule is CC1CCC(CCC(=O)N(C)CC(=O)N2CCC(C(=O)O)CC2)O1. The lowest BCUT2D eigenvalue weighted by Crippen LogP contribution is -2.45. The summed E-state index contributed by atoms with van der Waals surface area (Å²) in [5.41, 5.74) is 0. The molecule has 2 amide bonds. The van der Waals surface area contributed by atoms with Gasteiger partial charge in [0.05, 0.1) is 24.7 Å². The maximum Gasteiger partial charge on any atom is 0.306 e. The first-order chi connectivity index (χ1) is 11.4. The van der Waals surface area contributed by atoms with Gasteiger partial charge in [-0.3, -0.25) is 14.4 Å². The molecule has 136 valence electrons. The first-order valence-electron chi connectivity index (χ1n) is 8.76. The molecule has 7 nitrogen and oxygen atoms in total. The van der Waals surface area contributed by atoms with Crippen molar-refractivity contribution >= 4 is 17.8 Å². The molecule has 7 heteroatoms. The number of likely N-dealkylation sites (N-methyl/N-ethyl adjacent to an activating group) is 1. The molecule has 2 unspecified atom stereocenters. The third-order valence-electron chi connectivity index (χ3n) is 5.00. The smallest absolute Gasteiger partial charge is 0.306 e. The van der Waals surface area contributed by atoms with Crippen LogP contribution in [0.5, 0.6) is 0 Å². The summed E-state index contributed by atoms with van der Waals surface area (Å²) >= 11 is 0. The molecule has 2 atom stereocenters. The van der Waals surface area contributed by atoms with Crippen molar-refractivity contribution in [2.75, 3.05) is 26.7 Å². The molecule has 2 aliphatic rings. The summed E-state index contributed by atoms with van der Waals surface area (Å²) in [7, 11) is 1.64. The molecular formula is C17H28N2O5. The third-order valence-corrected chi connectivity index (χ3v) is 5.00. The third kappa shape index (κ3) is 5.19. The topological polar surface area (TPSA) is 87.2 Å². The van der Waals surface area contributed by atoms with Gasteiger partial charge in [0.25, 0.3) is 0 Å². The number of carboxylic acids is 1. The molecule has 0 saturated carbocycles. The number of rotatable bonds is 6. The van der Waals surface area contributed by atoms with E-state index in [-0.39, 0.29) is 36.5 Å². The second-order valence-corrected chi connectivity index (χ2v) is 6.93. The fourth-order valence-corrected chi connectivity index (χ4v) is 3.34. The molecule has 0 aromatic rings. The van der Waals surface area contributed by atoms with E-state index in [0.717, 1.165) is 12.8 Å². The van der Waals surface area contributed by atoms with Gasteiger partial charge in [-0.15, -0.1) is 0 Å². The van der Waals surface area contributed by atoms with Crippen molar-refractivity contribution in [2.24, 2.45) is 5.92 Å². The highest BCUT2D eigenvalue weighted by molar-refractivity contribution is 5.84. The minimum Gasteiger partial charge on any atom is -0.481 e. The summed E-state index contributed by atoms with van der Waals surface area (Å²) in [6.45, 7) is 3.00. The van der Waals surface area contributed by atoms with Crippen molar-refractivity contribution < 1.29 is 24.2 Å². The Morgan fingerprint density at radius 3 is 2.38 bits per heavy atom. The lowest BCUT2D eigenvalue weighted by molar-refractivity contribution is -0.146. The summed E-state index contributed by atoms with van der Waals surface area (Å²) in [6.07, 6.45) is 4.52. The number of likely N-dealkylation sites (tertiary alicyclic amines) is 1. The monoisotopic (exact) mass is 340 g/mol. The Morgan fingerprint density at radius 1 is 1.17 bits per heavy atom. The Kier molecular flexibility index (Phi) is 6.60.